The number of hydrogen-bond acceptors (Lipinski definition) is 4. The Morgan fingerprint density at radius 3 is 2.56 bits per heavy atom. The SMILES string of the molecule is C=Cc1ccc(S(=O)(=O)N2CCOC2C=O)cc1. The number of carbonyl (C=O) groups is 1. The number of aldehydes is 1. The highest BCUT2D eigenvalue weighted by Crippen LogP contribution is 2.21. The van der Waals surface area contributed by atoms with Crippen molar-refractivity contribution in [2.24, 2.45) is 0 Å². The molecule has 0 spiro atoms. The first kappa shape index (κ1) is 12.9. The smallest absolute Gasteiger partial charge is 0.245 e. The van der Waals surface area contributed by atoms with E-state index in [1.807, 2.05) is 0 Å². The summed E-state index contributed by atoms with van der Waals surface area (Å²) in [4.78, 5) is 10.9. The summed E-state index contributed by atoms with van der Waals surface area (Å²) in [6, 6.07) is 6.30. The van der Waals surface area contributed by atoms with Gasteiger partial charge in [-0.3, -0.25) is 4.79 Å². The molecular weight excluding hydrogens is 254 g/mol. The summed E-state index contributed by atoms with van der Waals surface area (Å²) in [6.07, 6.45) is 1.10. The van der Waals surface area contributed by atoms with Gasteiger partial charge in [0, 0.05) is 6.54 Å². The predicted octanol–water partition coefficient (Wildman–Crippen LogP) is 0.876. The van der Waals surface area contributed by atoms with Crippen LogP contribution in [-0.2, 0) is 19.6 Å². The van der Waals surface area contributed by atoms with Gasteiger partial charge in [0.1, 0.15) is 0 Å². The fraction of sp³-hybridized carbons (Fsp3) is 0.250. The topological polar surface area (TPSA) is 63.7 Å². The zero-order valence-electron chi connectivity index (χ0n) is 9.65. The van der Waals surface area contributed by atoms with Gasteiger partial charge in [-0.25, -0.2) is 8.42 Å². The lowest BCUT2D eigenvalue weighted by Crippen LogP contribution is -2.37. The van der Waals surface area contributed by atoms with E-state index in [-0.39, 0.29) is 18.0 Å². The fourth-order valence-electron chi connectivity index (χ4n) is 1.75. The molecule has 1 aliphatic rings. The van der Waals surface area contributed by atoms with Gasteiger partial charge in [0.2, 0.25) is 10.0 Å². The lowest BCUT2D eigenvalue weighted by atomic mass is 10.2. The molecule has 18 heavy (non-hydrogen) atoms. The number of benzene rings is 1. The number of nitrogens with zero attached hydrogens (tertiary/aromatic N) is 1. The molecule has 1 heterocycles. The van der Waals surface area contributed by atoms with Crippen LogP contribution in [0.15, 0.2) is 35.7 Å². The van der Waals surface area contributed by atoms with Crippen molar-refractivity contribution in [3.63, 3.8) is 0 Å². The van der Waals surface area contributed by atoms with E-state index in [0.717, 1.165) is 9.87 Å². The minimum Gasteiger partial charge on any atom is -0.354 e. The van der Waals surface area contributed by atoms with E-state index in [2.05, 4.69) is 6.58 Å². The van der Waals surface area contributed by atoms with E-state index in [9.17, 15) is 13.2 Å². The highest BCUT2D eigenvalue weighted by Gasteiger charge is 2.35. The van der Waals surface area contributed by atoms with Crippen LogP contribution in [0.5, 0.6) is 0 Å². The number of hydrogen-bond donors (Lipinski definition) is 0. The van der Waals surface area contributed by atoms with Crippen LogP contribution in [0.3, 0.4) is 0 Å². The average molecular weight is 267 g/mol. The molecule has 1 fully saturated rings. The molecule has 6 heteroatoms. The van der Waals surface area contributed by atoms with Crippen LogP contribution in [0.25, 0.3) is 6.08 Å². The largest absolute Gasteiger partial charge is 0.354 e. The Kier molecular flexibility index (Phi) is 3.60. The second-order valence-electron chi connectivity index (χ2n) is 3.79. The molecule has 5 nitrogen and oxygen atoms in total. The molecule has 0 N–H and O–H groups in total. The maximum atomic E-state index is 12.3. The quantitative estimate of drug-likeness (QED) is 0.760. The minimum atomic E-state index is -3.68. The number of sulfonamides is 1. The number of ether oxygens (including phenoxy) is 1. The molecule has 1 aromatic carbocycles. The van der Waals surface area contributed by atoms with Crippen LogP contribution in [0, 0.1) is 0 Å². The Morgan fingerprint density at radius 2 is 2.00 bits per heavy atom. The van der Waals surface area contributed by atoms with Crippen molar-refractivity contribution in [3.05, 3.63) is 36.4 Å². The van der Waals surface area contributed by atoms with Crippen LogP contribution in [0.1, 0.15) is 5.56 Å². The molecule has 1 aliphatic heterocycles. The Balaban J connectivity index is 2.35. The monoisotopic (exact) mass is 267 g/mol. The van der Waals surface area contributed by atoms with E-state index >= 15 is 0 Å². The molecule has 0 radical (unpaired) electrons. The van der Waals surface area contributed by atoms with Gasteiger partial charge < -0.3 is 4.74 Å². The maximum Gasteiger partial charge on any atom is 0.245 e. The van der Waals surface area contributed by atoms with E-state index in [1.165, 1.54) is 12.1 Å². The Bertz CT molecular complexity index is 550. The fourth-order valence-corrected chi connectivity index (χ4v) is 3.20. The van der Waals surface area contributed by atoms with Crippen LogP contribution < -0.4 is 0 Å². The van der Waals surface area contributed by atoms with Crippen molar-refractivity contribution in [1.29, 1.82) is 0 Å². The van der Waals surface area contributed by atoms with Crippen molar-refractivity contribution >= 4 is 22.4 Å². The van der Waals surface area contributed by atoms with E-state index in [4.69, 9.17) is 4.74 Å². The van der Waals surface area contributed by atoms with Gasteiger partial charge in [-0.05, 0) is 17.7 Å². The lowest BCUT2D eigenvalue weighted by molar-refractivity contribution is -0.118. The van der Waals surface area contributed by atoms with Gasteiger partial charge in [-0.1, -0.05) is 24.8 Å². The summed E-state index contributed by atoms with van der Waals surface area (Å²) in [6.45, 7) is 4.02. The molecule has 0 amide bonds. The summed E-state index contributed by atoms with van der Waals surface area (Å²) < 4.78 is 30.6. The average Bonchev–Trinajstić information content (AvgIpc) is 2.88. The zero-order valence-corrected chi connectivity index (χ0v) is 10.5. The molecule has 0 aromatic heterocycles. The Labute approximate surface area is 106 Å². The third kappa shape index (κ3) is 2.22. The van der Waals surface area contributed by atoms with Crippen molar-refractivity contribution in [2.45, 2.75) is 11.1 Å². The lowest BCUT2D eigenvalue weighted by Gasteiger charge is -2.18. The normalized spacial score (nSPS) is 20.8. The van der Waals surface area contributed by atoms with Crippen LogP contribution >= 0.6 is 0 Å². The highest BCUT2D eigenvalue weighted by molar-refractivity contribution is 7.89. The minimum absolute atomic E-state index is 0.144. The van der Waals surface area contributed by atoms with Crippen LogP contribution in [-0.4, -0.2) is 38.4 Å². The first-order chi connectivity index (χ1) is 8.59. The van der Waals surface area contributed by atoms with Gasteiger partial charge in [-0.15, -0.1) is 0 Å². The molecule has 1 atom stereocenters. The molecule has 1 unspecified atom stereocenters. The van der Waals surface area contributed by atoms with Crippen molar-refractivity contribution in [3.8, 4) is 0 Å². The van der Waals surface area contributed by atoms with E-state index < -0.39 is 16.3 Å². The standard InChI is InChI=1S/C12H13NO4S/c1-2-10-3-5-11(6-4-10)18(15,16)13-7-8-17-12(13)9-14/h2-6,9,12H,1,7-8H2. The summed E-state index contributed by atoms with van der Waals surface area (Å²) >= 11 is 0. The van der Waals surface area contributed by atoms with Gasteiger partial charge in [0.25, 0.3) is 0 Å². The van der Waals surface area contributed by atoms with Gasteiger partial charge in [-0.2, -0.15) is 4.31 Å². The molecular formula is C12H13NO4S. The Morgan fingerprint density at radius 1 is 1.33 bits per heavy atom. The number of rotatable bonds is 4. The van der Waals surface area contributed by atoms with Gasteiger partial charge >= 0.3 is 0 Å². The van der Waals surface area contributed by atoms with E-state index in [1.54, 1.807) is 18.2 Å². The summed E-state index contributed by atoms with van der Waals surface area (Å²) in [5, 5.41) is 0. The zero-order chi connectivity index (χ0) is 13.2. The van der Waals surface area contributed by atoms with Gasteiger partial charge in [0.05, 0.1) is 11.5 Å². The van der Waals surface area contributed by atoms with Crippen molar-refractivity contribution < 1.29 is 17.9 Å². The maximum absolute atomic E-state index is 12.3. The molecule has 0 saturated carbocycles. The molecule has 0 bridgehead atoms. The predicted molar refractivity (Wildman–Crippen MR) is 66.2 cm³/mol. The number of carbonyl (C=O) groups excluding carboxylic acids is 1. The van der Waals surface area contributed by atoms with Crippen molar-refractivity contribution in [1.82, 2.24) is 4.31 Å². The molecule has 2 rings (SSSR count). The molecule has 1 aromatic rings. The summed E-state index contributed by atoms with van der Waals surface area (Å²) in [5.41, 5.74) is 0.832. The van der Waals surface area contributed by atoms with Crippen LogP contribution in [0.2, 0.25) is 0 Å². The van der Waals surface area contributed by atoms with Crippen molar-refractivity contribution in [2.75, 3.05) is 13.2 Å². The Hall–Kier alpha value is -1.50. The molecule has 1 saturated heterocycles. The second-order valence-corrected chi connectivity index (χ2v) is 5.68. The third-order valence-electron chi connectivity index (χ3n) is 2.72. The van der Waals surface area contributed by atoms with E-state index in [0.29, 0.717) is 6.29 Å². The summed E-state index contributed by atoms with van der Waals surface area (Å²) in [7, 11) is -3.68. The summed E-state index contributed by atoms with van der Waals surface area (Å²) in [5.74, 6) is 0. The first-order valence-electron chi connectivity index (χ1n) is 5.41. The first-order valence-corrected chi connectivity index (χ1v) is 6.85. The molecule has 0 aliphatic carbocycles. The second kappa shape index (κ2) is 5.01. The van der Waals surface area contributed by atoms with Crippen LogP contribution in [0.4, 0.5) is 0 Å². The highest BCUT2D eigenvalue weighted by atomic mass is 32.2. The third-order valence-corrected chi connectivity index (χ3v) is 4.60. The molecule has 96 valence electrons. The van der Waals surface area contributed by atoms with Gasteiger partial charge in [0.15, 0.2) is 12.5 Å².